The highest BCUT2D eigenvalue weighted by molar-refractivity contribution is 9.10. The number of hydrogen-bond donors (Lipinski definition) is 2. The predicted molar refractivity (Wildman–Crippen MR) is 528 cm³/mol. The maximum atomic E-state index is 13.9. The van der Waals surface area contributed by atoms with Crippen molar-refractivity contribution in [1.82, 2.24) is 5.06 Å². The Kier molecular flexibility index (Phi) is 39.1. The molecule has 0 saturated heterocycles. The van der Waals surface area contributed by atoms with Crippen LogP contribution < -0.4 is 9.47 Å². The van der Waals surface area contributed by atoms with Crippen LogP contribution in [0, 0.1) is 94.7 Å². The third-order valence-corrected chi connectivity index (χ3v) is 30.9. The number of hydrogen-bond acceptors (Lipinski definition) is 9. The lowest BCUT2D eigenvalue weighted by molar-refractivity contribution is -0.188. The molecule has 42 radical (unpaired) electrons. The highest BCUT2D eigenvalue weighted by Crippen LogP contribution is 2.70. The standard InChI is InChI=1S/C30H44O4.C24H41NO4.C8H9BrO.CH4.B40/c1-19-16-21(34-5)7-9-22(19)27(31)26-11-10-24-23-8-6-20-17-28(2,32)14-15-30(20,18-33-4)25(23)12-13-29(24,26)3;1-22(27)12-13-24(15-28-4)16(14-22)6-7-17-18-8-9-20(21(26)25(3)29-5)23(18,2)11-10-19(17)24;1-6-5-7(9)3-4-8(6)10-2;;1-22(2)32(21)37(31(19)20)40(38(33(23(3)4)24(5)6)34(25(7)8)26(9)10)39(35(27(11)12)28(13)14)36(29(15)16)30(17)18/h7,9,16,20,23-26,32H,6,8,10-15,17-18H2,1-5H3;16-20,27H,6-15H2,1-5H3;3-5H,1-2H3;1H4;/t20-,23-,24-,25-,26+,28+,29-,30+;16-,17-,18-,19-,20+,22+,23-,24+;;;/m00.../s1. The maximum Gasteiger partial charge on any atom is 0.249 e. The second kappa shape index (κ2) is 43.3. The monoisotopic (exact) mass is 1530 g/mol. The van der Waals surface area contributed by atoms with E-state index < -0.39 is 133 Å². The van der Waals surface area contributed by atoms with Gasteiger partial charge in [-0.3, -0.25) is 14.4 Å². The minimum atomic E-state index is -1.25. The molecule has 2 aromatic carbocycles. The van der Waals surface area contributed by atoms with Gasteiger partial charge in [-0.05, 0) is 260 Å². The van der Waals surface area contributed by atoms with Gasteiger partial charge in [0.15, 0.2) is 5.78 Å². The third-order valence-electron chi connectivity index (χ3n) is 30.4. The average Bonchev–Trinajstić information content (AvgIpc) is 1.36. The topological polar surface area (TPSA) is 124 Å². The molecule has 8 aliphatic rings. The smallest absolute Gasteiger partial charge is 0.249 e. The van der Waals surface area contributed by atoms with Crippen LogP contribution in [0.5, 0.6) is 11.5 Å². The average molecular weight is 1530 g/mol. The lowest BCUT2D eigenvalue weighted by Gasteiger charge is -2.62. The molecule has 1 amide bonds. The fraction of sp³-hybridized carbons (Fsp3) is 0.778. The number of aryl methyl sites for hydroxylation is 2. The normalized spacial score (nSPS) is 29.7. The summed E-state index contributed by atoms with van der Waals surface area (Å²) in [5.41, 5.74) is 2.60. The molecule has 51 heteroatoms. The van der Waals surface area contributed by atoms with Gasteiger partial charge in [0.05, 0.1) is 45.7 Å². The Hall–Kier alpha value is 0.0574. The first kappa shape index (κ1) is 103. The Morgan fingerprint density at radius 1 is 0.447 bits per heavy atom. The molecular weight excluding hydrogens is 1430 g/mol. The number of hydroxylamine groups is 2. The number of halogens is 1. The first-order valence-corrected chi connectivity index (χ1v) is 42.1. The highest BCUT2D eigenvalue weighted by atomic mass is 79.9. The molecule has 536 valence electrons. The van der Waals surface area contributed by atoms with E-state index >= 15 is 0 Å². The largest absolute Gasteiger partial charge is 0.497 e. The van der Waals surface area contributed by atoms with Crippen LogP contribution in [-0.2, 0) is 19.1 Å². The molecule has 0 aliphatic heterocycles. The van der Waals surface area contributed by atoms with Crippen molar-refractivity contribution in [3.05, 3.63) is 57.6 Å². The van der Waals surface area contributed by atoms with Crippen molar-refractivity contribution in [1.29, 1.82) is 0 Å². The van der Waals surface area contributed by atoms with E-state index in [-0.39, 0.29) is 46.8 Å². The van der Waals surface area contributed by atoms with Crippen molar-refractivity contribution in [2.45, 2.75) is 176 Å². The van der Waals surface area contributed by atoms with Crippen molar-refractivity contribution in [2.24, 2.45) is 80.8 Å². The zero-order chi connectivity index (χ0) is 84.9. The number of rotatable bonds is 28. The summed E-state index contributed by atoms with van der Waals surface area (Å²) in [6, 6.07) is 11.8. The number of ether oxygens (including phenoxy) is 4. The predicted octanol–water partition coefficient (Wildman–Crippen LogP) is -1.56. The van der Waals surface area contributed by atoms with Crippen LogP contribution in [0.15, 0.2) is 40.9 Å². The lowest BCUT2D eigenvalue weighted by Crippen LogP contribution is -2.92. The zero-order valence-electron chi connectivity index (χ0n) is 70.1. The minimum absolute atomic E-state index is 0. The minimum Gasteiger partial charge on any atom is -0.497 e. The quantitative estimate of drug-likeness (QED) is 0.0593. The summed E-state index contributed by atoms with van der Waals surface area (Å²) < 4.78 is 23.3. The van der Waals surface area contributed by atoms with Crippen LogP contribution in [0.3, 0.4) is 0 Å². The van der Waals surface area contributed by atoms with Gasteiger partial charge in [0.2, 0.25) is 5.91 Å². The summed E-state index contributed by atoms with van der Waals surface area (Å²) in [6.07, 6.45) is -2.03. The molecular formula is C63H98B40BrNO9. The number of carbonyl (C=O) groups is 2. The summed E-state index contributed by atoms with van der Waals surface area (Å²) in [5.74, 6) is 7.53. The second-order valence-corrected chi connectivity index (χ2v) is 37.9. The summed E-state index contributed by atoms with van der Waals surface area (Å²) in [7, 11) is 141. The molecule has 0 heterocycles. The van der Waals surface area contributed by atoms with Gasteiger partial charge in [-0.2, -0.15) is 0 Å². The van der Waals surface area contributed by atoms with E-state index in [0.29, 0.717) is 53.1 Å². The SMILES string of the molecule is C.COC[C@]12CC[C@@](C)(O)C[C@@H]1CC[C@H]1[C@@H]3CC[C@H](C(=O)N(C)OC)[C@@]3(C)CC[C@@H]12.COC[C@]12CC[C@@](C)(O)C[C@@H]1CC[C@H]1[C@@H]3CC[C@H](C(=O)c4ccc(OC)cc4C)[C@@]3(C)CC[C@@H]12.COc1ccc(Br)cc1C.[B]B([B])B([B])B(B([B])[B])B(B(B(B([B])[B])B([B])[B])B(B([B])[B])B([B])[B])B(B(B([B])[B])B([B])[B])B(B([B])[B])B([B])[B]. The number of benzene rings is 2. The fourth-order valence-corrected chi connectivity index (χ4v) is 25.7. The first-order valence-electron chi connectivity index (χ1n) is 41.3. The van der Waals surface area contributed by atoms with Crippen LogP contribution in [0.2, 0.25) is 0 Å². The van der Waals surface area contributed by atoms with Gasteiger partial charge >= 0.3 is 0 Å². The van der Waals surface area contributed by atoms with Crippen LogP contribution in [0.1, 0.15) is 172 Å². The molecule has 0 unspecified atom stereocenters. The molecule has 8 aliphatic carbocycles. The van der Waals surface area contributed by atoms with Crippen molar-refractivity contribution in [3.63, 3.8) is 0 Å². The fourth-order valence-electron chi connectivity index (χ4n) is 25.2. The van der Waals surface area contributed by atoms with Crippen LogP contribution in [-0.4, -0.2) is 378 Å². The summed E-state index contributed by atoms with van der Waals surface area (Å²) in [5, 5.41) is 23.1. The molecule has 0 aromatic heterocycles. The van der Waals surface area contributed by atoms with Crippen molar-refractivity contribution < 1.29 is 43.6 Å². The van der Waals surface area contributed by atoms with Gasteiger partial charge < -0.3 is 29.2 Å². The van der Waals surface area contributed by atoms with E-state index in [1.54, 1.807) is 28.4 Å². The molecule has 10 rings (SSSR count). The van der Waals surface area contributed by atoms with Crippen LogP contribution >= 0.6 is 15.9 Å². The van der Waals surface area contributed by atoms with E-state index in [1.807, 2.05) is 78.3 Å². The summed E-state index contributed by atoms with van der Waals surface area (Å²) >= 11 is 3.37. The number of nitrogens with zero attached hydrogens (tertiary/aromatic N) is 1. The molecule has 8 saturated carbocycles. The number of methoxy groups -OCH3 is 4. The van der Waals surface area contributed by atoms with Crippen LogP contribution in [0.4, 0.5) is 0 Å². The van der Waals surface area contributed by atoms with E-state index in [0.717, 1.165) is 117 Å². The molecule has 2 N–H and O–H groups in total. The number of fused-ring (bicyclic) bond motifs is 10. The van der Waals surface area contributed by atoms with Gasteiger partial charge in [-0.1, -0.05) is 37.2 Å². The summed E-state index contributed by atoms with van der Waals surface area (Å²) in [6.45, 7) is 14.6. The number of amides is 1. The van der Waals surface area contributed by atoms with Gasteiger partial charge in [0.25, 0.3) is 0 Å². The molecule has 114 heavy (non-hydrogen) atoms. The molecule has 10 nitrogen and oxygen atoms in total. The number of carbonyl (C=O) groups excluding carboxylic acids is 2. The van der Waals surface area contributed by atoms with E-state index in [2.05, 4.69) is 29.8 Å². The Balaban J connectivity index is 0.000000251. The van der Waals surface area contributed by atoms with Gasteiger partial charge in [0.1, 0.15) is 11.5 Å². The Morgan fingerprint density at radius 2 is 0.833 bits per heavy atom. The molecule has 2 aromatic rings. The third kappa shape index (κ3) is 22.5. The van der Waals surface area contributed by atoms with Gasteiger partial charge in [-0.25, -0.2) is 5.06 Å². The molecule has 16 atom stereocenters. The zero-order valence-corrected chi connectivity index (χ0v) is 71.6. The van der Waals surface area contributed by atoms with Crippen molar-refractivity contribution in [3.8, 4) is 11.5 Å². The summed E-state index contributed by atoms with van der Waals surface area (Å²) in [4.78, 5) is 32.1. The van der Waals surface area contributed by atoms with Gasteiger partial charge in [0, 0.05) is 327 Å². The maximum absolute atomic E-state index is 13.9. The number of aliphatic hydroxyl groups is 2. The second-order valence-electron chi connectivity index (χ2n) is 37.0. The lowest BCUT2D eigenvalue weighted by atomic mass is 8.27. The molecule has 8 fully saturated rings. The van der Waals surface area contributed by atoms with Crippen molar-refractivity contribution in [2.75, 3.05) is 55.8 Å². The number of ketones is 1. The number of Topliss-reactive ketones (excluding diaryl/α,β-unsaturated/α-hetero) is 1. The van der Waals surface area contributed by atoms with E-state index in [1.165, 1.54) is 50.0 Å². The highest BCUT2D eigenvalue weighted by Gasteiger charge is 2.66. The molecule has 0 bridgehead atoms. The van der Waals surface area contributed by atoms with Crippen molar-refractivity contribution >= 4 is 311 Å². The van der Waals surface area contributed by atoms with Crippen LogP contribution in [0.25, 0.3) is 0 Å². The van der Waals surface area contributed by atoms with E-state index in [4.69, 9.17) is 186 Å². The Labute approximate surface area is 735 Å². The Bertz CT molecular complexity index is 3260. The van der Waals surface area contributed by atoms with Gasteiger partial charge in [-0.15, -0.1) is 0 Å². The Morgan fingerprint density at radius 3 is 1.18 bits per heavy atom. The van der Waals surface area contributed by atoms with E-state index in [9.17, 15) is 19.8 Å². The first-order chi connectivity index (χ1) is 52.7. The molecule has 0 spiro atoms.